The lowest BCUT2D eigenvalue weighted by Crippen LogP contribution is -2.44. The van der Waals surface area contributed by atoms with Gasteiger partial charge in [0.05, 0.1) is 4.92 Å². The molecule has 2 aliphatic rings. The quantitative estimate of drug-likeness (QED) is 0.550. The third-order valence-corrected chi connectivity index (χ3v) is 5.93. The van der Waals surface area contributed by atoms with E-state index in [2.05, 4.69) is 49.6 Å². The lowest BCUT2D eigenvalue weighted by molar-refractivity contribution is -0.385. The summed E-state index contributed by atoms with van der Waals surface area (Å²) in [5.41, 5.74) is 2.36. The molecule has 2 heterocycles. The van der Waals surface area contributed by atoms with E-state index in [0.29, 0.717) is 17.5 Å². The summed E-state index contributed by atoms with van der Waals surface area (Å²) in [6.07, 6.45) is 4.30. The Hall–Kier alpha value is -2.94. The monoisotopic (exact) mass is 411 g/mol. The first-order valence-electron chi connectivity index (χ1n) is 10.6. The van der Waals surface area contributed by atoms with Gasteiger partial charge < -0.3 is 20.4 Å². The minimum Gasteiger partial charge on any atom is -0.369 e. The first-order chi connectivity index (χ1) is 14.5. The first kappa shape index (κ1) is 20.3. The third-order valence-electron chi connectivity index (χ3n) is 5.93. The van der Waals surface area contributed by atoms with Crippen LogP contribution < -0.4 is 15.5 Å². The van der Waals surface area contributed by atoms with Crippen LogP contribution in [0.4, 0.5) is 28.8 Å². The number of anilines is 4. The van der Waals surface area contributed by atoms with Crippen LogP contribution in [0, 0.1) is 17.0 Å². The molecular formula is C21H29N7O2. The molecule has 0 amide bonds. The van der Waals surface area contributed by atoms with Crippen LogP contribution in [0.1, 0.15) is 31.4 Å². The fraction of sp³-hybridized carbons (Fsp3) is 0.524. The fourth-order valence-electron chi connectivity index (χ4n) is 4.15. The Morgan fingerprint density at radius 3 is 2.37 bits per heavy atom. The summed E-state index contributed by atoms with van der Waals surface area (Å²) < 4.78 is 0. The van der Waals surface area contributed by atoms with Crippen molar-refractivity contribution >= 4 is 28.8 Å². The summed E-state index contributed by atoms with van der Waals surface area (Å²) in [4.78, 5) is 24.6. The van der Waals surface area contributed by atoms with Gasteiger partial charge >= 0.3 is 5.69 Å². The van der Waals surface area contributed by atoms with E-state index < -0.39 is 4.92 Å². The van der Waals surface area contributed by atoms with Crippen molar-refractivity contribution in [1.29, 1.82) is 0 Å². The first-order valence-corrected chi connectivity index (χ1v) is 10.6. The molecule has 1 aliphatic carbocycles. The number of aromatic nitrogens is 2. The number of aryl methyl sites for hydroxylation is 1. The van der Waals surface area contributed by atoms with Crippen LogP contribution in [0.25, 0.3) is 0 Å². The van der Waals surface area contributed by atoms with Gasteiger partial charge in [0, 0.05) is 43.6 Å². The maximum Gasteiger partial charge on any atom is 0.332 e. The molecule has 9 heteroatoms. The Bertz CT molecular complexity index is 889. The molecule has 0 unspecified atom stereocenters. The largest absolute Gasteiger partial charge is 0.369 e. The molecule has 2 N–H and O–H groups in total. The molecule has 0 radical (unpaired) electrons. The van der Waals surface area contributed by atoms with E-state index in [4.69, 9.17) is 0 Å². The van der Waals surface area contributed by atoms with Crippen molar-refractivity contribution < 1.29 is 4.92 Å². The van der Waals surface area contributed by atoms with Gasteiger partial charge in [-0.2, -0.15) is 4.98 Å². The Labute approximate surface area is 176 Å². The summed E-state index contributed by atoms with van der Waals surface area (Å²) in [5, 5.41) is 18.0. The van der Waals surface area contributed by atoms with Crippen molar-refractivity contribution in [1.82, 2.24) is 14.9 Å². The lowest BCUT2D eigenvalue weighted by Gasteiger charge is -2.34. The molecule has 1 saturated carbocycles. The minimum absolute atomic E-state index is 0.0436. The summed E-state index contributed by atoms with van der Waals surface area (Å²) >= 11 is 0. The van der Waals surface area contributed by atoms with E-state index in [1.165, 1.54) is 5.69 Å². The van der Waals surface area contributed by atoms with Gasteiger partial charge in [0.25, 0.3) is 0 Å². The van der Waals surface area contributed by atoms with Crippen molar-refractivity contribution in [2.45, 2.75) is 38.6 Å². The van der Waals surface area contributed by atoms with Gasteiger partial charge in [0.1, 0.15) is 5.69 Å². The topological polar surface area (TPSA) is 99.5 Å². The number of nitrogens with one attached hydrogen (secondary N) is 2. The highest BCUT2D eigenvalue weighted by Gasteiger charge is 2.25. The second-order valence-electron chi connectivity index (χ2n) is 8.17. The van der Waals surface area contributed by atoms with E-state index >= 15 is 0 Å². The highest BCUT2D eigenvalue weighted by molar-refractivity contribution is 5.65. The maximum absolute atomic E-state index is 11.6. The average Bonchev–Trinajstić information content (AvgIpc) is 3.22. The normalized spacial score (nSPS) is 17.9. The van der Waals surface area contributed by atoms with Gasteiger partial charge in [-0.15, -0.1) is 0 Å². The number of piperazine rings is 1. The number of rotatable bonds is 6. The van der Waals surface area contributed by atoms with Crippen LogP contribution in [0.5, 0.6) is 0 Å². The lowest BCUT2D eigenvalue weighted by atomic mass is 10.2. The zero-order valence-corrected chi connectivity index (χ0v) is 17.6. The molecule has 30 heavy (non-hydrogen) atoms. The van der Waals surface area contributed by atoms with Crippen molar-refractivity contribution in [3.8, 4) is 0 Å². The maximum atomic E-state index is 11.6. The van der Waals surface area contributed by atoms with Gasteiger partial charge in [-0.3, -0.25) is 10.1 Å². The molecule has 0 bridgehead atoms. The van der Waals surface area contributed by atoms with Crippen molar-refractivity contribution in [3.63, 3.8) is 0 Å². The second kappa shape index (κ2) is 8.83. The van der Waals surface area contributed by atoms with Crippen LogP contribution >= 0.6 is 0 Å². The Morgan fingerprint density at radius 1 is 1.07 bits per heavy atom. The van der Waals surface area contributed by atoms with E-state index in [1.54, 1.807) is 6.92 Å². The summed E-state index contributed by atoms with van der Waals surface area (Å²) in [5.74, 6) is 0.668. The van der Waals surface area contributed by atoms with Crippen LogP contribution in [0.3, 0.4) is 0 Å². The Balaban J connectivity index is 1.50. The number of nitro groups is 1. The second-order valence-corrected chi connectivity index (χ2v) is 8.17. The van der Waals surface area contributed by atoms with E-state index in [0.717, 1.165) is 57.5 Å². The van der Waals surface area contributed by atoms with Crippen molar-refractivity contribution in [2.75, 3.05) is 48.8 Å². The molecule has 1 aromatic heterocycles. The van der Waals surface area contributed by atoms with Gasteiger partial charge in [0.15, 0.2) is 0 Å². The standard InChI is InChI=1S/C21H29N7O2/c1-15-19(28(29)30)20(23-16-5-3-4-6-16)25-21(22-15)24-17-7-9-18(10-8-17)27-13-11-26(2)12-14-27/h7-10,16H,3-6,11-14H2,1-2H3,(H2,22,23,24,25). The molecule has 0 atom stereocenters. The Kier molecular flexibility index (Phi) is 5.98. The Morgan fingerprint density at radius 2 is 1.73 bits per heavy atom. The molecule has 0 spiro atoms. The summed E-state index contributed by atoms with van der Waals surface area (Å²) in [7, 11) is 2.15. The van der Waals surface area contributed by atoms with Crippen molar-refractivity contribution in [2.24, 2.45) is 0 Å². The molecule has 2 aromatic rings. The molecule has 1 aromatic carbocycles. The van der Waals surface area contributed by atoms with E-state index in [1.807, 2.05) is 12.1 Å². The van der Waals surface area contributed by atoms with Gasteiger partial charge in [0.2, 0.25) is 11.8 Å². The highest BCUT2D eigenvalue weighted by Crippen LogP contribution is 2.31. The number of nitrogens with zero attached hydrogens (tertiary/aromatic N) is 5. The molecule has 1 aliphatic heterocycles. The molecule has 1 saturated heterocycles. The van der Waals surface area contributed by atoms with Crippen LogP contribution in [0.15, 0.2) is 24.3 Å². The zero-order chi connectivity index (χ0) is 21.1. The predicted octanol–water partition coefficient (Wildman–Crippen LogP) is 3.54. The average molecular weight is 412 g/mol. The smallest absolute Gasteiger partial charge is 0.332 e. The van der Waals surface area contributed by atoms with Gasteiger partial charge in [-0.05, 0) is 51.1 Å². The fourth-order valence-corrected chi connectivity index (χ4v) is 4.15. The molecule has 4 rings (SSSR count). The number of likely N-dealkylation sites (N-methyl/N-ethyl adjacent to an activating group) is 1. The van der Waals surface area contributed by atoms with Crippen LogP contribution in [-0.2, 0) is 0 Å². The number of benzene rings is 1. The summed E-state index contributed by atoms with van der Waals surface area (Å²) in [6, 6.07) is 8.40. The molecule has 2 fully saturated rings. The van der Waals surface area contributed by atoms with Gasteiger partial charge in [-0.1, -0.05) is 12.8 Å². The van der Waals surface area contributed by atoms with E-state index in [9.17, 15) is 10.1 Å². The molecular weight excluding hydrogens is 382 g/mol. The molecule has 160 valence electrons. The summed E-state index contributed by atoms with van der Waals surface area (Å²) in [6.45, 7) is 5.81. The van der Waals surface area contributed by atoms with Gasteiger partial charge in [-0.25, -0.2) is 4.98 Å². The number of hydrogen-bond donors (Lipinski definition) is 2. The molecule has 9 nitrogen and oxygen atoms in total. The third kappa shape index (κ3) is 4.62. The van der Waals surface area contributed by atoms with E-state index in [-0.39, 0.29) is 11.7 Å². The van der Waals surface area contributed by atoms with Crippen molar-refractivity contribution in [3.05, 3.63) is 40.1 Å². The number of hydrogen-bond acceptors (Lipinski definition) is 8. The van der Waals surface area contributed by atoms with Crippen LogP contribution in [0.2, 0.25) is 0 Å². The van der Waals surface area contributed by atoms with Crippen LogP contribution in [-0.4, -0.2) is 59.1 Å². The minimum atomic E-state index is -0.402. The predicted molar refractivity (Wildman–Crippen MR) is 119 cm³/mol. The zero-order valence-electron chi connectivity index (χ0n) is 17.6. The highest BCUT2D eigenvalue weighted by atomic mass is 16.6. The SMILES string of the molecule is Cc1nc(Nc2ccc(N3CCN(C)CC3)cc2)nc(NC2CCCC2)c1[N+](=O)[O-].